The standard InChI is InChI=1S/C14H18N4O2S/c1-10-7-12(19)18-14(17-10)21-13-4-3-11(9-16-13)8-15-5-6-20-2/h3-4,7,9,15H,5-6,8H2,1-2H3,(H,17,18,19). The van der Waals surface area contributed by atoms with Gasteiger partial charge in [0.05, 0.1) is 6.61 Å². The molecule has 2 rings (SSSR count). The van der Waals surface area contributed by atoms with E-state index in [1.54, 1.807) is 14.0 Å². The van der Waals surface area contributed by atoms with E-state index in [1.165, 1.54) is 17.8 Å². The number of pyridine rings is 1. The van der Waals surface area contributed by atoms with E-state index in [0.29, 0.717) is 17.5 Å². The van der Waals surface area contributed by atoms with Crippen LogP contribution in [0.3, 0.4) is 0 Å². The summed E-state index contributed by atoms with van der Waals surface area (Å²) in [5.74, 6) is 0. The van der Waals surface area contributed by atoms with Crippen LogP contribution in [0.2, 0.25) is 0 Å². The summed E-state index contributed by atoms with van der Waals surface area (Å²) in [6.07, 6.45) is 1.82. The van der Waals surface area contributed by atoms with E-state index in [4.69, 9.17) is 4.74 Å². The van der Waals surface area contributed by atoms with Crippen molar-refractivity contribution in [3.8, 4) is 0 Å². The van der Waals surface area contributed by atoms with E-state index in [2.05, 4.69) is 20.3 Å². The van der Waals surface area contributed by atoms with Gasteiger partial charge in [0.1, 0.15) is 5.03 Å². The smallest absolute Gasteiger partial charge is 0.251 e. The van der Waals surface area contributed by atoms with E-state index in [-0.39, 0.29) is 5.56 Å². The lowest BCUT2D eigenvalue weighted by atomic mass is 10.3. The van der Waals surface area contributed by atoms with Crippen molar-refractivity contribution in [2.75, 3.05) is 20.3 Å². The van der Waals surface area contributed by atoms with Gasteiger partial charge < -0.3 is 15.0 Å². The Balaban J connectivity index is 1.94. The molecular formula is C14H18N4O2S. The molecule has 0 amide bonds. The minimum atomic E-state index is -0.149. The van der Waals surface area contributed by atoms with Gasteiger partial charge in [0.25, 0.3) is 5.56 Å². The second kappa shape index (κ2) is 7.92. The Morgan fingerprint density at radius 3 is 2.95 bits per heavy atom. The minimum Gasteiger partial charge on any atom is -0.383 e. The van der Waals surface area contributed by atoms with Crippen LogP contribution in [0, 0.1) is 6.92 Å². The molecule has 7 heteroatoms. The molecule has 0 unspecified atom stereocenters. The molecule has 2 aromatic rings. The van der Waals surface area contributed by atoms with Gasteiger partial charge in [0, 0.05) is 38.2 Å². The SMILES string of the molecule is COCCNCc1ccc(Sc2nc(C)cc(=O)[nH]2)nc1. The van der Waals surface area contributed by atoms with E-state index < -0.39 is 0 Å². The number of methoxy groups -OCH3 is 1. The van der Waals surface area contributed by atoms with Crippen LogP contribution < -0.4 is 10.9 Å². The highest BCUT2D eigenvalue weighted by molar-refractivity contribution is 7.99. The summed E-state index contributed by atoms with van der Waals surface area (Å²) in [4.78, 5) is 22.7. The lowest BCUT2D eigenvalue weighted by Crippen LogP contribution is -2.18. The van der Waals surface area contributed by atoms with Crippen molar-refractivity contribution in [3.05, 3.63) is 46.0 Å². The number of nitrogens with one attached hydrogen (secondary N) is 2. The van der Waals surface area contributed by atoms with Crippen LogP contribution in [0.25, 0.3) is 0 Å². The van der Waals surface area contributed by atoms with Gasteiger partial charge in [0.15, 0.2) is 5.16 Å². The van der Waals surface area contributed by atoms with Crippen LogP contribution in [0.4, 0.5) is 0 Å². The third-order valence-corrected chi connectivity index (χ3v) is 3.50. The van der Waals surface area contributed by atoms with Crippen LogP contribution in [0.1, 0.15) is 11.3 Å². The Hall–Kier alpha value is -1.70. The Bertz CT molecular complexity index is 628. The summed E-state index contributed by atoms with van der Waals surface area (Å²) in [6.45, 7) is 4.04. The molecule has 21 heavy (non-hydrogen) atoms. The summed E-state index contributed by atoms with van der Waals surface area (Å²) < 4.78 is 4.97. The highest BCUT2D eigenvalue weighted by Crippen LogP contribution is 2.21. The molecule has 0 atom stereocenters. The van der Waals surface area contributed by atoms with E-state index >= 15 is 0 Å². The molecule has 2 heterocycles. The fraction of sp³-hybridized carbons (Fsp3) is 0.357. The molecule has 0 saturated carbocycles. The molecular weight excluding hydrogens is 288 g/mol. The maximum atomic E-state index is 11.4. The highest BCUT2D eigenvalue weighted by atomic mass is 32.2. The van der Waals surface area contributed by atoms with Crippen molar-refractivity contribution < 1.29 is 4.74 Å². The number of aromatic nitrogens is 3. The van der Waals surface area contributed by atoms with Crippen molar-refractivity contribution in [1.29, 1.82) is 0 Å². The quantitative estimate of drug-likeness (QED) is 0.594. The van der Waals surface area contributed by atoms with E-state index in [1.807, 2.05) is 18.3 Å². The van der Waals surface area contributed by atoms with Crippen LogP contribution in [-0.2, 0) is 11.3 Å². The molecule has 0 aliphatic rings. The maximum Gasteiger partial charge on any atom is 0.251 e. The molecule has 2 N–H and O–H groups in total. The zero-order chi connectivity index (χ0) is 15.1. The lowest BCUT2D eigenvalue weighted by molar-refractivity contribution is 0.199. The predicted molar refractivity (Wildman–Crippen MR) is 81.5 cm³/mol. The summed E-state index contributed by atoms with van der Waals surface area (Å²) in [6, 6.07) is 5.38. The van der Waals surface area contributed by atoms with E-state index in [9.17, 15) is 4.79 Å². The van der Waals surface area contributed by atoms with Gasteiger partial charge in [0.2, 0.25) is 0 Å². The number of hydrogen-bond acceptors (Lipinski definition) is 6. The Kier molecular flexibility index (Phi) is 5.91. The summed E-state index contributed by atoms with van der Waals surface area (Å²) >= 11 is 1.34. The summed E-state index contributed by atoms with van der Waals surface area (Å²) in [5.41, 5.74) is 1.64. The molecule has 112 valence electrons. The maximum absolute atomic E-state index is 11.4. The molecule has 0 bridgehead atoms. The van der Waals surface area contributed by atoms with Crippen LogP contribution in [-0.4, -0.2) is 35.2 Å². The summed E-state index contributed by atoms with van der Waals surface area (Å²) in [7, 11) is 1.68. The molecule has 6 nitrogen and oxygen atoms in total. The number of aryl methyl sites for hydroxylation is 1. The van der Waals surface area contributed by atoms with Crippen molar-refractivity contribution in [1.82, 2.24) is 20.3 Å². The monoisotopic (exact) mass is 306 g/mol. The van der Waals surface area contributed by atoms with Crippen LogP contribution >= 0.6 is 11.8 Å². The minimum absolute atomic E-state index is 0.149. The number of aromatic amines is 1. The third kappa shape index (κ3) is 5.30. The van der Waals surface area contributed by atoms with Crippen molar-refractivity contribution in [2.45, 2.75) is 23.7 Å². The highest BCUT2D eigenvalue weighted by Gasteiger charge is 2.03. The second-order valence-electron chi connectivity index (χ2n) is 4.47. The normalized spacial score (nSPS) is 10.8. The first-order valence-corrected chi connectivity index (χ1v) is 7.39. The number of ether oxygens (including phenoxy) is 1. The Labute approximate surface area is 127 Å². The summed E-state index contributed by atoms with van der Waals surface area (Å²) in [5, 5.41) is 4.60. The third-order valence-electron chi connectivity index (χ3n) is 2.66. The van der Waals surface area contributed by atoms with Gasteiger partial charge in [-0.2, -0.15) is 0 Å². The molecule has 0 aliphatic carbocycles. The largest absolute Gasteiger partial charge is 0.383 e. The van der Waals surface area contributed by atoms with Gasteiger partial charge in [-0.3, -0.25) is 4.79 Å². The van der Waals surface area contributed by atoms with Gasteiger partial charge in [-0.25, -0.2) is 9.97 Å². The van der Waals surface area contributed by atoms with Gasteiger partial charge in [-0.15, -0.1) is 0 Å². The zero-order valence-corrected chi connectivity index (χ0v) is 12.9. The average molecular weight is 306 g/mol. The number of H-pyrrole nitrogens is 1. The predicted octanol–water partition coefficient (Wildman–Crippen LogP) is 1.36. The van der Waals surface area contributed by atoms with Crippen molar-refractivity contribution in [3.63, 3.8) is 0 Å². The van der Waals surface area contributed by atoms with Crippen molar-refractivity contribution in [2.24, 2.45) is 0 Å². The average Bonchev–Trinajstić information content (AvgIpc) is 2.44. The van der Waals surface area contributed by atoms with Crippen LogP contribution in [0.15, 0.2) is 39.4 Å². The fourth-order valence-corrected chi connectivity index (χ4v) is 2.46. The van der Waals surface area contributed by atoms with Gasteiger partial charge >= 0.3 is 0 Å². The molecule has 0 spiro atoms. The van der Waals surface area contributed by atoms with Gasteiger partial charge in [-0.1, -0.05) is 6.07 Å². The number of nitrogens with zero attached hydrogens (tertiary/aromatic N) is 2. The molecule has 0 saturated heterocycles. The first-order chi connectivity index (χ1) is 10.2. The fourth-order valence-electron chi connectivity index (χ4n) is 1.68. The zero-order valence-electron chi connectivity index (χ0n) is 12.0. The molecule has 2 aromatic heterocycles. The first kappa shape index (κ1) is 15.7. The Morgan fingerprint density at radius 2 is 2.29 bits per heavy atom. The van der Waals surface area contributed by atoms with Crippen LogP contribution in [0.5, 0.6) is 0 Å². The molecule has 0 fully saturated rings. The molecule has 0 radical (unpaired) electrons. The topological polar surface area (TPSA) is 79.9 Å². The Morgan fingerprint density at radius 1 is 1.43 bits per heavy atom. The van der Waals surface area contributed by atoms with Crippen molar-refractivity contribution >= 4 is 11.8 Å². The second-order valence-corrected chi connectivity index (χ2v) is 5.48. The van der Waals surface area contributed by atoms with Gasteiger partial charge in [-0.05, 0) is 30.3 Å². The molecule has 0 aliphatic heterocycles. The first-order valence-electron chi connectivity index (χ1n) is 6.58. The molecule has 0 aromatic carbocycles. The number of hydrogen-bond donors (Lipinski definition) is 2. The number of rotatable bonds is 7. The van der Waals surface area contributed by atoms with E-state index in [0.717, 1.165) is 23.7 Å². The lowest BCUT2D eigenvalue weighted by Gasteiger charge is -2.05.